The molecule has 102 valence electrons. The predicted octanol–water partition coefficient (Wildman–Crippen LogP) is 2.29. The number of rotatable bonds is 5. The van der Waals surface area contributed by atoms with Crippen molar-refractivity contribution in [2.24, 2.45) is 0 Å². The Balaban J connectivity index is 2.04. The van der Waals surface area contributed by atoms with Gasteiger partial charge in [0.15, 0.2) is 0 Å². The number of aliphatic hydroxyl groups is 1. The molecule has 20 heavy (non-hydrogen) atoms. The summed E-state index contributed by atoms with van der Waals surface area (Å²) < 4.78 is 0. The molecule has 1 amide bonds. The van der Waals surface area contributed by atoms with Crippen LogP contribution in [0.15, 0.2) is 48.5 Å². The Hall–Kier alpha value is -2.46. The summed E-state index contributed by atoms with van der Waals surface area (Å²) in [5.74, 6) is -0.225. The Morgan fingerprint density at radius 1 is 1.05 bits per heavy atom. The minimum atomic E-state index is -0.225. The molecule has 0 unspecified atom stereocenters. The lowest BCUT2D eigenvalue weighted by Gasteiger charge is -2.06. The Morgan fingerprint density at radius 2 is 1.70 bits per heavy atom. The minimum absolute atomic E-state index is 0.106. The third-order valence-electron chi connectivity index (χ3n) is 2.92. The fourth-order valence-electron chi connectivity index (χ4n) is 1.80. The van der Waals surface area contributed by atoms with Gasteiger partial charge in [0.05, 0.1) is 0 Å². The molecule has 2 N–H and O–H groups in total. The summed E-state index contributed by atoms with van der Waals surface area (Å²) in [7, 11) is 0. The average molecular weight is 269 g/mol. The standard InChI is InChI=1S/C16H15NO3/c18-10-9-12-3-7-15(8-4-12)17-16(20)14-5-1-13(11-19)2-6-14/h1-8,11,18H,9-10H2,(H,17,20). The summed E-state index contributed by atoms with van der Waals surface area (Å²) in [5.41, 5.74) is 2.74. The van der Waals surface area contributed by atoms with E-state index in [0.717, 1.165) is 11.8 Å². The first-order valence-corrected chi connectivity index (χ1v) is 6.29. The van der Waals surface area contributed by atoms with Gasteiger partial charge in [0.2, 0.25) is 0 Å². The van der Waals surface area contributed by atoms with Crippen LogP contribution in [0.3, 0.4) is 0 Å². The molecule has 0 spiro atoms. The van der Waals surface area contributed by atoms with Gasteiger partial charge in [0.1, 0.15) is 6.29 Å². The maximum Gasteiger partial charge on any atom is 0.255 e. The van der Waals surface area contributed by atoms with Crippen molar-refractivity contribution < 1.29 is 14.7 Å². The van der Waals surface area contributed by atoms with Crippen LogP contribution in [0.5, 0.6) is 0 Å². The summed E-state index contributed by atoms with van der Waals surface area (Å²) in [6.45, 7) is 0.106. The second kappa shape index (κ2) is 6.63. The van der Waals surface area contributed by atoms with Crippen molar-refractivity contribution in [3.63, 3.8) is 0 Å². The normalized spacial score (nSPS) is 10.1. The van der Waals surface area contributed by atoms with Crippen LogP contribution in [-0.4, -0.2) is 23.9 Å². The van der Waals surface area contributed by atoms with Crippen LogP contribution in [0.25, 0.3) is 0 Å². The molecular formula is C16H15NO3. The first-order valence-electron chi connectivity index (χ1n) is 6.29. The van der Waals surface area contributed by atoms with E-state index in [1.807, 2.05) is 12.1 Å². The van der Waals surface area contributed by atoms with Crippen molar-refractivity contribution in [3.05, 3.63) is 65.2 Å². The van der Waals surface area contributed by atoms with Gasteiger partial charge in [-0.05, 0) is 36.2 Å². The zero-order chi connectivity index (χ0) is 14.4. The molecule has 0 radical (unpaired) electrons. The van der Waals surface area contributed by atoms with Crippen LogP contribution < -0.4 is 5.32 Å². The monoisotopic (exact) mass is 269 g/mol. The number of nitrogens with one attached hydrogen (secondary N) is 1. The molecule has 0 bridgehead atoms. The van der Waals surface area contributed by atoms with Crippen LogP contribution >= 0.6 is 0 Å². The molecule has 0 aliphatic rings. The van der Waals surface area contributed by atoms with E-state index in [-0.39, 0.29) is 12.5 Å². The van der Waals surface area contributed by atoms with Gasteiger partial charge in [-0.15, -0.1) is 0 Å². The number of aliphatic hydroxyl groups excluding tert-OH is 1. The lowest BCUT2D eigenvalue weighted by atomic mass is 10.1. The fourth-order valence-corrected chi connectivity index (χ4v) is 1.80. The average Bonchev–Trinajstić information content (AvgIpc) is 2.49. The highest BCUT2D eigenvalue weighted by Crippen LogP contribution is 2.12. The van der Waals surface area contributed by atoms with Crippen LogP contribution in [-0.2, 0) is 6.42 Å². The zero-order valence-corrected chi connectivity index (χ0v) is 10.9. The van der Waals surface area contributed by atoms with Gasteiger partial charge < -0.3 is 10.4 Å². The Kier molecular flexibility index (Phi) is 4.63. The maximum absolute atomic E-state index is 12.0. The van der Waals surface area contributed by atoms with Crippen molar-refractivity contribution in [2.75, 3.05) is 11.9 Å². The molecule has 0 aliphatic carbocycles. The molecule has 0 fully saturated rings. The number of carbonyl (C=O) groups excluding carboxylic acids is 2. The van der Waals surface area contributed by atoms with Crippen molar-refractivity contribution in [1.29, 1.82) is 0 Å². The van der Waals surface area contributed by atoms with Gasteiger partial charge in [-0.3, -0.25) is 9.59 Å². The smallest absolute Gasteiger partial charge is 0.255 e. The van der Waals surface area contributed by atoms with Gasteiger partial charge in [0.25, 0.3) is 5.91 Å². The van der Waals surface area contributed by atoms with E-state index >= 15 is 0 Å². The number of anilines is 1. The van der Waals surface area contributed by atoms with Crippen molar-refractivity contribution in [1.82, 2.24) is 0 Å². The Labute approximate surface area is 117 Å². The van der Waals surface area contributed by atoms with Gasteiger partial charge in [-0.1, -0.05) is 24.3 Å². The minimum Gasteiger partial charge on any atom is -0.396 e. The lowest BCUT2D eigenvalue weighted by Crippen LogP contribution is -2.11. The maximum atomic E-state index is 12.0. The van der Waals surface area contributed by atoms with E-state index in [1.165, 1.54) is 0 Å². The summed E-state index contributed by atoms with van der Waals surface area (Å²) >= 11 is 0. The van der Waals surface area contributed by atoms with E-state index in [1.54, 1.807) is 36.4 Å². The molecule has 0 saturated heterocycles. The third kappa shape index (κ3) is 3.52. The molecule has 0 heterocycles. The highest BCUT2D eigenvalue weighted by Gasteiger charge is 2.05. The van der Waals surface area contributed by atoms with Crippen molar-refractivity contribution >= 4 is 17.9 Å². The van der Waals surface area contributed by atoms with Gasteiger partial charge in [-0.25, -0.2) is 0 Å². The molecular weight excluding hydrogens is 254 g/mol. The molecule has 4 heteroatoms. The van der Waals surface area contributed by atoms with E-state index in [2.05, 4.69) is 5.32 Å². The van der Waals surface area contributed by atoms with Gasteiger partial charge in [0, 0.05) is 23.4 Å². The van der Waals surface area contributed by atoms with Gasteiger partial charge >= 0.3 is 0 Å². The highest BCUT2D eigenvalue weighted by molar-refractivity contribution is 6.04. The molecule has 2 aromatic carbocycles. The van der Waals surface area contributed by atoms with Crippen LogP contribution in [0.2, 0.25) is 0 Å². The highest BCUT2D eigenvalue weighted by atomic mass is 16.3. The summed E-state index contributed by atoms with van der Waals surface area (Å²) in [6, 6.07) is 13.7. The molecule has 2 aromatic rings. The summed E-state index contributed by atoms with van der Waals surface area (Å²) in [6.07, 6.45) is 1.34. The zero-order valence-electron chi connectivity index (χ0n) is 10.9. The second-order valence-electron chi connectivity index (χ2n) is 4.36. The quantitative estimate of drug-likeness (QED) is 0.818. The van der Waals surface area contributed by atoms with E-state index in [4.69, 9.17) is 5.11 Å². The Morgan fingerprint density at radius 3 is 2.25 bits per heavy atom. The lowest BCUT2D eigenvalue weighted by molar-refractivity contribution is 0.102. The number of carbonyl (C=O) groups is 2. The van der Waals surface area contributed by atoms with Crippen LogP contribution in [0, 0.1) is 0 Å². The van der Waals surface area contributed by atoms with E-state index < -0.39 is 0 Å². The Bertz CT molecular complexity index is 588. The summed E-state index contributed by atoms with van der Waals surface area (Å²) in [5, 5.41) is 11.6. The van der Waals surface area contributed by atoms with Crippen molar-refractivity contribution in [3.8, 4) is 0 Å². The SMILES string of the molecule is O=Cc1ccc(C(=O)Nc2ccc(CCO)cc2)cc1. The molecule has 4 nitrogen and oxygen atoms in total. The number of hydrogen-bond acceptors (Lipinski definition) is 3. The first-order chi connectivity index (χ1) is 9.72. The number of amides is 1. The third-order valence-corrected chi connectivity index (χ3v) is 2.92. The largest absolute Gasteiger partial charge is 0.396 e. The summed E-state index contributed by atoms with van der Waals surface area (Å²) in [4.78, 5) is 22.5. The predicted molar refractivity (Wildman–Crippen MR) is 77.0 cm³/mol. The van der Waals surface area contributed by atoms with E-state index in [9.17, 15) is 9.59 Å². The second-order valence-corrected chi connectivity index (χ2v) is 4.36. The molecule has 2 rings (SSSR count). The molecule has 0 atom stereocenters. The first kappa shape index (κ1) is 14.0. The topological polar surface area (TPSA) is 66.4 Å². The number of benzene rings is 2. The van der Waals surface area contributed by atoms with Crippen LogP contribution in [0.1, 0.15) is 26.3 Å². The van der Waals surface area contributed by atoms with Crippen LogP contribution in [0.4, 0.5) is 5.69 Å². The number of aldehydes is 1. The molecule has 0 aliphatic heterocycles. The van der Waals surface area contributed by atoms with Gasteiger partial charge in [-0.2, -0.15) is 0 Å². The molecule has 0 aromatic heterocycles. The number of hydrogen-bond donors (Lipinski definition) is 2. The fraction of sp³-hybridized carbons (Fsp3) is 0.125. The van der Waals surface area contributed by atoms with Crippen molar-refractivity contribution in [2.45, 2.75) is 6.42 Å². The van der Waals surface area contributed by atoms with E-state index in [0.29, 0.717) is 23.2 Å². The molecule has 0 saturated carbocycles.